The molecule has 0 spiro atoms. The van der Waals surface area contributed by atoms with E-state index < -0.39 is 0 Å². The van der Waals surface area contributed by atoms with Crippen molar-refractivity contribution in [2.45, 2.75) is 32.2 Å². The lowest BCUT2D eigenvalue weighted by atomic mass is 10.0. The maximum Gasteiger partial charge on any atom is 0.330 e. The summed E-state index contributed by atoms with van der Waals surface area (Å²) in [4.78, 5) is 30.2. The van der Waals surface area contributed by atoms with Crippen molar-refractivity contribution >= 4 is 23.8 Å². The third kappa shape index (κ3) is 7.86. The molecule has 31 heavy (non-hydrogen) atoms. The molecular formula is C24H30N4O3. The summed E-state index contributed by atoms with van der Waals surface area (Å²) in [7, 11) is 0. The number of amides is 2. The highest BCUT2D eigenvalue weighted by molar-refractivity contribution is 5.90. The number of benzene rings is 1. The summed E-state index contributed by atoms with van der Waals surface area (Å²) in [6.07, 6.45) is 9.65. The molecule has 0 saturated carbocycles. The van der Waals surface area contributed by atoms with Crippen molar-refractivity contribution in [2.24, 2.45) is 0 Å². The van der Waals surface area contributed by atoms with Crippen LogP contribution in [-0.4, -0.2) is 54.2 Å². The summed E-state index contributed by atoms with van der Waals surface area (Å²) in [6, 6.07) is 11.4. The Labute approximate surface area is 183 Å². The molecule has 1 aromatic heterocycles. The molecule has 0 atom stereocenters. The third-order valence-electron chi connectivity index (χ3n) is 5.26. The summed E-state index contributed by atoms with van der Waals surface area (Å²) < 4.78 is 4.86. The van der Waals surface area contributed by atoms with E-state index in [1.165, 1.54) is 11.6 Å². The van der Waals surface area contributed by atoms with Gasteiger partial charge in [0, 0.05) is 49.8 Å². The van der Waals surface area contributed by atoms with Crippen LogP contribution >= 0.6 is 0 Å². The first-order valence-electron chi connectivity index (χ1n) is 10.8. The van der Waals surface area contributed by atoms with Gasteiger partial charge in [0.1, 0.15) is 0 Å². The number of esters is 1. The number of rotatable bonds is 8. The van der Waals surface area contributed by atoms with Crippen molar-refractivity contribution in [1.82, 2.24) is 15.2 Å². The minimum absolute atomic E-state index is 0.184. The van der Waals surface area contributed by atoms with E-state index in [0.29, 0.717) is 12.3 Å². The molecule has 2 aromatic rings. The van der Waals surface area contributed by atoms with Gasteiger partial charge in [-0.3, -0.25) is 4.98 Å². The number of ether oxygens (including phenoxy) is 1. The molecule has 1 aliphatic rings. The molecule has 0 radical (unpaired) electrons. The van der Waals surface area contributed by atoms with Crippen molar-refractivity contribution in [3.05, 3.63) is 66.0 Å². The van der Waals surface area contributed by atoms with Crippen molar-refractivity contribution < 1.29 is 14.3 Å². The van der Waals surface area contributed by atoms with Gasteiger partial charge in [0.15, 0.2) is 0 Å². The second kappa shape index (κ2) is 11.9. The number of pyridine rings is 1. The molecule has 1 fully saturated rings. The second-order valence-corrected chi connectivity index (χ2v) is 7.53. The number of nitrogens with zero attached hydrogens (tertiary/aromatic N) is 2. The number of aromatic nitrogens is 1. The maximum absolute atomic E-state index is 12.3. The fourth-order valence-electron chi connectivity index (χ4n) is 3.52. The number of urea groups is 1. The molecule has 2 N–H and O–H groups in total. The molecule has 0 aliphatic carbocycles. The van der Waals surface area contributed by atoms with E-state index in [2.05, 4.69) is 32.7 Å². The first-order chi connectivity index (χ1) is 15.1. The lowest BCUT2D eigenvalue weighted by Gasteiger charge is -2.32. The van der Waals surface area contributed by atoms with E-state index in [1.54, 1.807) is 13.0 Å². The summed E-state index contributed by atoms with van der Waals surface area (Å²) in [5.74, 6) is -0.368. The zero-order valence-corrected chi connectivity index (χ0v) is 17.9. The van der Waals surface area contributed by atoms with Crippen LogP contribution in [-0.2, 0) is 16.0 Å². The Balaban J connectivity index is 1.37. The van der Waals surface area contributed by atoms with Gasteiger partial charge in [-0.1, -0.05) is 12.1 Å². The highest BCUT2D eigenvalue weighted by Gasteiger charge is 2.20. The standard InChI is InChI=1S/C24H30N4O3/c1-2-31-23(29)8-5-19-3-6-21(7-4-19)26-24(30)27-22-12-17-28(18-13-22)16-11-20-9-14-25-15-10-20/h3-10,14-15,22H,2,11-13,16-18H2,1H3,(H2,26,27,30)/b8-5+. The minimum atomic E-state index is -0.368. The van der Waals surface area contributed by atoms with E-state index >= 15 is 0 Å². The predicted octanol–water partition coefficient (Wildman–Crippen LogP) is 3.49. The first kappa shape index (κ1) is 22.5. The van der Waals surface area contributed by atoms with Crippen LogP contribution in [0.4, 0.5) is 10.5 Å². The third-order valence-corrected chi connectivity index (χ3v) is 5.26. The number of hydrogen-bond acceptors (Lipinski definition) is 5. The van der Waals surface area contributed by atoms with E-state index in [4.69, 9.17) is 4.74 Å². The molecule has 7 heteroatoms. The average molecular weight is 423 g/mol. The molecular weight excluding hydrogens is 392 g/mol. The van der Waals surface area contributed by atoms with Gasteiger partial charge in [-0.05, 0) is 67.7 Å². The summed E-state index contributed by atoms with van der Waals surface area (Å²) >= 11 is 0. The van der Waals surface area contributed by atoms with Crippen LogP contribution in [0.5, 0.6) is 0 Å². The fraction of sp³-hybridized carbons (Fsp3) is 0.375. The second-order valence-electron chi connectivity index (χ2n) is 7.53. The Bertz CT molecular complexity index is 860. The Kier molecular flexibility index (Phi) is 8.60. The number of piperidine rings is 1. The number of nitrogens with one attached hydrogen (secondary N) is 2. The number of anilines is 1. The molecule has 0 unspecified atom stereocenters. The van der Waals surface area contributed by atoms with Gasteiger partial charge in [0.25, 0.3) is 0 Å². The van der Waals surface area contributed by atoms with Crippen molar-refractivity contribution in [3.8, 4) is 0 Å². The number of carbonyl (C=O) groups is 2. The fourth-order valence-corrected chi connectivity index (χ4v) is 3.52. The van der Waals surface area contributed by atoms with Crippen LogP contribution in [0, 0.1) is 0 Å². The van der Waals surface area contributed by atoms with Gasteiger partial charge in [0.2, 0.25) is 0 Å². The van der Waals surface area contributed by atoms with Gasteiger partial charge < -0.3 is 20.3 Å². The van der Waals surface area contributed by atoms with Crippen molar-refractivity contribution in [3.63, 3.8) is 0 Å². The molecule has 2 heterocycles. The van der Waals surface area contributed by atoms with Crippen LogP contribution in [0.15, 0.2) is 54.9 Å². The zero-order chi connectivity index (χ0) is 21.9. The topological polar surface area (TPSA) is 83.6 Å². The highest BCUT2D eigenvalue weighted by Crippen LogP contribution is 2.13. The van der Waals surface area contributed by atoms with Crippen molar-refractivity contribution in [1.29, 1.82) is 0 Å². The molecule has 0 bridgehead atoms. The molecule has 1 aliphatic heterocycles. The minimum Gasteiger partial charge on any atom is -0.463 e. The monoisotopic (exact) mass is 422 g/mol. The van der Waals surface area contributed by atoms with Gasteiger partial charge in [-0.25, -0.2) is 9.59 Å². The highest BCUT2D eigenvalue weighted by atomic mass is 16.5. The van der Waals surface area contributed by atoms with Crippen LogP contribution in [0.3, 0.4) is 0 Å². The quantitative estimate of drug-likeness (QED) is 0.503. The van der Waals surface area contributed by atoms with Crippen LogP contribution in [0.2, 0.25) is 0 Å². The van der Waals surface area contributed by atoms with E-state index in [-0.39, 0.29) is 18.0 Å². The van der Waals surface area contributed by atoms with Crippen LogP contribution in [0.1, 0.15) is 30.9 Å². The van der Waals surface area contributed by atoms with Gasteiger partial charge in [-0.2, -0.15) is 0 Å². The number of hydrogen-bond donors (Lipinski definition) is 2. The summed E-state index contributed by atoms with van der Waals surface area (Å²) in [5, 5.41) is 5.94. The molecule has 1 aromatic carbocycles. The van der Waals surface area contributed by atoms with Crippen LogP contribution in [0.25, 0.3) is 6.08 Å². The smallest absolute Gasteiger partial charge is 0.330 e. The lowest BCUT2D eigenvalue weighted by molar-refractivity contribution is -0.137. The van der Waals surface area contributed by atoms with E-state index in [9.17, 15) is 9.59 Å². The largest absolute Gasteiger partial charge is 0.463 e. The molecule has 164 valence electrons. The van der Waals surface area contributed by atoms with E-state index in [1.807, 2.05) is 36.7 Å². The first-order valence-corrected chi connectivity index (χ1v) is 10.8. The predicted molar refractivity (Wildman–Crippen MR) is 122 cm³/mol. The van der Waals surface area contributed by atoms with Gasteiger partial charge in [-0.15, -0.1) is 0 Å². The van der Waals surface area contributed by atoms with Gasteiger partial charge >= 0.3 is 12.0 Å². The Morgan fingerprint density at radius 2 is 1.84 bits per heavy atom. The van der Waals surface area contributed by atoms with Crippen molar-refractivity contribution in [2.75, 3.05) is 31.6 Å². The molecule has 1 saturated heterocycles. The Hall–Kier alpha value is -3.19. The van der Waals surface area contributed by atoms with Crippen LogP contribution < -0.4 is 10.6 Å². The summed E-state index contributed by atoms with van der Waals surface area (Å²) in [5.41, 5.74) is 2.87. The summed E-state index contributed by atoms with van der Waals surface area (Å²) in [6.45, 7) is 5.12. The average Bonchev–Trinajstić information content (AvgIpc) is 2.79. The SMILES string of the molecule is CCOC(=O)/C=C/c1ccc(NC(=O)NC2CCN(CCc3ccncc3)CC2)cc1. The van der Waals surface area contributed by atoms with Gasteiger partial charge in [0.05, 0.1) is 6.61 Å². The number of likely N-dealkylation sites (tertiary alicyclic amines) is 1. The van der Waals surface area contributed by atoms with E-state index in [0.717, 1.165) is 44.5 Å². The lowest BCUT2D eigenvalue weighted by Crippen LogP contribution is -2.46. The Morgan fingerprint density at radius 3 is 2.52 bits per heavy atom. The number of carbonyl (C=O) groups excluding carboxylic acids is 2. The normalized spacial score (nSPS) is 15.0. The molecule has 7 nitrogen and oxygen atoms in total. The zero-order valence-electron chi connectivity index (χ0n) is 17.9. The Morgan fingerprint density at radius 1 is 1.13 bits per heavy atom. The molecule has 2 amide bonds. The molecule has 3 rings (SSSR count). The maximum atomic E-state index is 12.3.